The maximum absolute atomic E-state index is 12.7. The van der Waals surface area contributed by atoms with Crippen molar-refractivity contribution in [2.75, 3.05) is 13.1 Å². The number of nitrogens with zero attached hydrogens (tertiary/aromatic N) is 2. The first-order valence-corrected chi connectivity index (χ1v) is 7.45. The van der Waals surface area contributed by atoms with Crippen LogP contribution in [0.15, 0.2) is 30.3 Å². The highest BCUT2D eigenvalue weighted by molar-refractivity contribution is 6.06. The van der Waals surface area contributed by atoms with E-state index in [0.29, 0.717) is 18.7 Å². The van der Waals surface area contributed by atoms with Crippen molar-refractivity contribution in [3.05, 3.63) is 41.6 Å². The SMILES string of the molecule is CC(C)c1cc(C(=O)N2CC(C(N)=O)C2)c2ccccc2n1. The van der Waals surface area contributed by atoms with Gasteiger partial charge in [0.1, 0.15) is 0 Å². The summed E-state index contributed by atoms with van der Waals surface area (Å²) in [5.41, 5.74) is 7.64. The Balaban J connectivity index is 1.99. The van der Waals surface area contributed by atoms with E-state index in [1.165, 1.54) is 0 Å². The quantitative estimate of drug-likeness (QED) is 0.940. The van der Waals surface area contributed by atoms with E-state index in [1.54, 1.807) is 4.90 Å². The predicted octanol–water partition coefficient (Wildman–Crippen LogP) is 1.92. The van der Waals surface area contributed by atoms with E-state index < -0.39 is 0 Å². The molecule has 2 heterocycles. The number of pyridine rings is 1. The fraction of sp³-hybridized carbons (Fsp3) is 0.353. The maximum Gasteiger partial charge on any atom is 0.254 e. The lowest BCUT2D eigenvalue weighted by molar-refractivity contribution is -0.125. The van der Waals surface area contributed by atoms with Gasteiger partial charge < -0.3 is 10.6 Å². The van der Waals surface area contributed by atoms with Crippen LogP contribution in [-0.4, -0.2) is 34.8 Å². The third-order valence-corrected chi connectivity index (χ3v) is 4.13. The molecule has 2 amide bonds. The Labute approximate surface area is 129 Å². The summed E-state index contributed by atoms with van der Waals surface area (Å²) in [5.74, 6) is -0.378. The lowest BCUT2D eigenvalue weighted by atomic mass is 9.96. The minimum Gasteiger partial charge on any atom is -0.369 e. The van der Waals surface area contributed by atoms with E-state index in [0.717, 1.165) is 16.6 Å². The van der Waals surface area contributed by atoms with Crippen molar-refractivity contribution in [1.29, 1.82) is 0 Å². The zero-order valence-electron chi connectivity index (χ0n) is 12.7. The van der Waals surface area contributed by atoms with E-state index in [4.69, 9.17) is 5.73 Å². The summed E-state index contributed by atoms with van der Waals surface area (Å²) in [4.78, 5) is 30.1. The Morgan fingerprint density at radius 3 is 2.59 bits per heavy atom. The zero-order chi connectivity index (χ0) is 15.9. The fourth-order valence-electron chi connectivity index (χ4n) is 2.66. The van der Waals surface area contributed by atoms with Crippen molar-refractivity contribution in [2.24, 2.45) is 11.7 Å². The van der Waals surface area contributed by atoms with E-state index in [9.17, 15) is 9.59 Å². The van der Waals surface area contributed by atoms with Crippen molar-refractivity contribution < 1.29 is 9.59 Å². The highest BCUT2D eigenvalue weighted by Gasteiger charge is 2.35. The van der Waals surface area contributed by atoms with Crippen molar-refractivity contribution in [3.8, 4) is 0 Å². The summed E-state index contributed by atoms with van der Waals surface area (Å²) in [6.45, 7) is 4.92. The molecule has 1 aromatic heterocycles. The number of likely N-dealkylation sites (tertiary alicyclic amines) is 1. The third-order valence-electron chi connectivity index (χ3n) is 4.13. The minimum atomic E-state index is -0.341. The van der Waals surface area contributed by atoms with Crippen LogP contribution in [-0.2, 0) is 4.79 Å². The summed E-state index contributed by atoms with van der Waals surface area (Å²) in [7, 11) is 0. The Bertz CT molecular complexity index is 749. The van der Waals surface area contributed by atoms with Gasteiger partial charge in [-0.15, -0.1) is 0 Å². The van der Waals surface area contributed by atoms with E-state index in [-0.39, 0.29) is 23.7 Å². The average Bonchev–Trinajstić information content (AvgIpc) is 2.43. The number of carbonyl (C=O) groups is 2. The molecule has 114 valence electrons. The molecule has 1 fully saturated rings. The first-order valence-electron chi connectivity index (χ1n) is 7.45. The monoisotopic (exact) mass is 297 g/mol. The van der Waals surface area contributed by atoms with Crippen molar-refractivity contribution >= 4 is 22.7 Å². The molecule has 0 aliphatic carbocycles. The zero-order valence-corrected chi connectivity index (χ0v) is 12.7. The standard InChI is InChI=1S/C17H19N3O2/c1-10(2)15-7-13(12-5-3-4-6-14(12)19-15)17(22)20-8-11(9-20)16(18)21/h3-7,10-11H,8-9H2,1-2H3,(H2,18,21). The predicted molar refractivity (Wildman–Crippen MR) is 84.4 cm³/mol. The first kappa shape index (κ1) is 14.5. The topological polar surface area (TPSA) is 76.3 Å². The summed E-state index contributed by atoms with van der Waals surface area (Å²) < 4.78 is 0. The van der Waals surface area contributed by atoms with Crippen molar-refractivity contribution in [3.63, 3.8) is 0 Å². The smallest absolute Gasteiger partial charge is 0.254 e. The van der Waals surface area contributed by atoms with Crippen LogP contribution in [0.4, 0.5) is 0 Å². The normalized spacial score (nSPS) is 15.1. The molecule has 0 unspecified atom stereocenters. The van der Waals surface area contributed by atoms with Crippen LogP contribution in [0.3, 0.4) is 0 Å². The highest BCUT2D eigenvalue weighted by atomic mass is 16.2. The Morgan fingerprint density at radius 1 is 1.27 bits per heavy atom. The molecular formula is C17H19N3O2. The summed E-state index contributed by atoms with van der Waals surface area (Å²) in [6.07, 6.45) is 0. The molecule has 1 aliphatic rings. The van der Waals surface area contributed by atoms with Gasteiger partial charge in [0.25, 0.3) is 5.91 Å². The Hall–Kier alpha value is -2.43. The highest BCUT2D eigenvalue weighted by Crippen LogP contribution is 2.26. The molecule has 22 heavy (non-hydrogen) atoms. The van der Waals surface area contributed by atoms with E-state index in [2.05, 4.69) is 18.8 Å². The molecule has 3 rings (SSSR count). The summed E-state index contributed by atoms with van der Waals surface area (Å²) >= 11 is 0. The number of fused-ring (bicyclic) bond motifs is 1. The van der Waals surface area contributed by atoms with Crippen LogP contribution in [0.5, 0.6) is 0 Å². The fourth-order valence-corrected chi connectivity index (χ4v) is 2.66. The average molecular weight is 297 g/mol. The van der Waals surface area contributed by atoms with Crippen LogP contribution in [0.2, 0.25) is 0 Å². The maximum atomic E-state index is 12.7. The number of nitrogens with two attached hydrogens (primary N) is 1. The van der Waals surface area contributed by atoms with Gasteiger partial charge in [0.15, 0.2) is 0 Å². The van der Waals surface area contributed by atoms with Gasteiger partial charge in [0, 0.05) is 24.2 Å². The van der Waals surface area contributed by atoms with Gasteiger partial charge in [0.2, 0.25) is 5.91 Å². The van der Waals surface area contributed by atoms with Gasteiger partial charge in [-0.25, -0.2) is 0 Å². The molecule has 0 atom stereocenters. The number of hydrogen-bond donors (Lipinski definition) is 1. The van der Waals surface area contributed by atoms with Gasteiger partial charge in [-0.05, 0) is 18.1 Å². The van der Waals surface area contributed by atoms with Crippen LogP contribution in [0, 0.1) is 5.92 Å². The van der Waals surface area contributed by atoms with Crippen LogP contribution < -0.4 is 5.73 Å². The summed E-state index contributed by atoms with van der Waals surface area (Å²) in [5, 5.41) is 0.847. The van der Waals surface area contributed by atoms with Crippen LogP contribution in [0.25, 0.3) is 10.9 Å². The van der Waals surface area contributed by atoms with Gasteiger partial charge in [-0.1, -0.05) is 32.0 Å². The number of carbonyl (C=O) groups excluding carboxylic acids is 2. The van der Waals surface area contributed by atoms with Crippen LogP contribution in [0.1, 0.15) is 35.8 Å². The van der Waals surface area contributed by atoms with E-state index in [1.807, 2.05) is 30.3 Å². The molecule has 5 nitrogen and oxygen atoms in total. The molecule has 1 saturated heterocycles. The van der Waals surface area contributed by atoms with Crippen molar-refractivity contribution in [2.45, 2.75) is 19.8 Å². The summed E-state index contributed by atoms with van der Waals surface area (Å²) in [6, 6.07) is 9.51. The second kappa shape index (κ2) is 5.40. The molecule has 0 saturated carbocycles. The number of primary amides is 1. The second-order valence-corrected chi connectivity index (χ2v) is 6.08. The number of aromatic nitrogens is 1. The number of amides is 2. The third kappa shape index (κ3) is 2.43. The molecular weight excluding hydrogens is 278 g/mol. The lowest BCUT2D eigenvalue weighted by Gasteiger charge is -2.37. The van der Waals surface area contributed by atoms with E-state index >= 15 is 0 Å². The van der Waals surface area contributed by atoms with Gasteiger partial charge in [-0.2, -0.15) is 0 Å². The molecule has 1 aromatic carbocycles. The number of hydrogen-bond acceptors (Lipinski definition) is 3. The first-order chi connectivity index (χ1) is 10.5. The minimum absolute atomic E-state index is 0.0574. The molecule has 0 radical (unpaired) electrons. The molecule has 2 aromatic rings. The number of rotatable bonds is 3. The van der Waals surface area contributed by atoms with Crippen LogP contribution >= 0.6 is 0 Å². The number of benzene rings is 1. The molecule has 2 N–H and O–H groups in total. The molecule has 0 spiro atoms. The van der Waals surface area contributed by atoms with Gasteiger partial charge >= 0.3 is 0 Å². The Kier molecular flexibility index (Phi) is 3.56. The van der Waals surface area contributed by atoms with Gasteiger partial charge in [-0.3, -0.25) is 14.6 Å². The molecule has 0 bridgehead atoms. The second-order valence-electron chi connectivity index (χ2n) is 6.08. The van der Waals surface area contributed by atoms with Crippen molar-refractivity contribution in [1.82, 2.24) is 9.88 Å². The van der Waals surface area contributed by atoms with Gasteiger partial charge in [0.05, 0.1) is 17.0 Å². The number of para-hydroxylation sites is 1. The Morgan fingerprint density at radius 2 is 1.95 bits per heavy atom. The molecule has 1 aliphatic heterocycles. The molecule has 5 heteroatoms. The largest absolute Gasteiger partial charge is 0.369 e. The lowest BCUT2D eigenvalue weighted by Crippen LogP contribution is -2.54.